The fourth-order valence-electron chi connectivity index (χ4n) is 3.25. The summed E-state index contributed by atoms with van der Waals surface area (Å²) in [4.78, 5) is 4.30. The zero-order chi connectivity index (χ0) is 18.7. The van der Waals surface area contributed by atoms with Crippen molar-refractivity contribution in [2.75, 3.05) is 47.6 Å². The van der Waals surface area contributed by atoms with Gasteiger partial charge in [-0.05, 0) is 30.7 Å². The lowest BCUT2D eigenvalue weighted by atomic mass is 9.67. The van der Waals surface area contributed by atoms with Crippen molar-refractivity contribution < 1.29 is 14.2 Å². The Bertz CT molecular complexity index is 565. The molecule has 27 heavy (non-hydrogen) atoms. The molecule has 0 bridgehead atoms. The van der Waals surface area contributed by atoms with E-state index in [0.717, 1.165) is 36.8 Å². The van der Waals surface area contributed by atoms with Gasteiger partial charge >= 0.3 is 0 Å². The van der Waals surface area contributed by atoms with Gasteiger partial charge in [0.2, 0.25) is 0 Å². The summed E-state index contributed by atoms with van der Waals surface area (Å²) in [6.45, 7) is 3.62. The standard InChI is InChI=1S/C20H33N3O3.HI/c1-21-19(23-16-20(9-6-10-20)11-13-24-2)22-12-14-26-15-17-7-4-5-8-18(17)25-3;/h4-5,7-8H,6,9-16H2,1-3H3,(H2,21,22,23);1H. The molecule has 154 valence electrons. The van der Waals surface area contributed by atoms with Gasteiger partial charge in [0.15, 0.2) is 5.96 Å². The minimum Gasteiger partial charge on any atom is -0.496 e. The van der Waals surface area contributed by atoms with E-state index in [-0.39, 0.29) is 24.0 Å². The number of guanidine groups is 1. The summed E-state index contributed by atoms with van der Waals surface area (Å²) in [6, 6.07) is 7.92. The smallest absolute Gasteiger partial charge is 0.191 e. The maximum Gasteiger partial charge on any atom is 0.191 e. The highest BCUT2D eigenvalue weighted by molar-refractivity contribution is 14.0. The molecule has 0 radical (unpaired) electrons. The molecule has 1 fully saturated rings. The first kappa shape index (κ1) is 24.0. The summed E-state index contributed by atoms with van der Waals surface area (Å²) in [5.74, 6) is 1.69. The van der Waals surface area contributed by atoms with Crippen LogP contribution in [0.2, 0.25) is 0 Å². The van der Waals surface area contributed by atoms with Crippen LogP contribution < -0.4 is 15.4 Å². The molecule has 0 spiro atoms. The molecule has 0 aliphatic heterocycles. The molecule has 0 amide bonds. The maximum atomic E-state index is 5.75. The van der Waals surface area contributed by atoms with Gasteiger partial charge in [0.05, 0.1) is 20.3 Å². The Balaban J connectivity index is 0.00000364. The predicted molar refractivity (Wildman–Crippen MR) is 120 cm³/mol. The van der Waals surface area contributed by atoms with Crippen LogP contribution in [0.4, 0.5) is 0 Å². The highest BCUT2D eigenvalue weighted by atomic mass is 127. The van der Waals surface area contributed by atoms with Crippen molar-refractivity contribution in [3.63, 3.8) is 0 Å². The Morgan fingerprint density at radius 2 is 1.93 bits per heavy atom. The average molecular weight is 491 g/mol. The molecule has 1 aliphatic carbocycles. The first-order chi connectivity index (χ1) is 12.7. The quantitative estimate of drug-likeness (QED) is 0.216. The van der Waals surface area contributed by atoms with Crippen molar-refractivity contribution in [3.05, 3.63) is 29.8 Å². The predicted octanol–water partition coefficient (Wildman–Crippen LogP) is 3.20. The number of nitrogens with zero attached hydrogens (tertiary/aromatic N) is 1. The van der Waals surface area contributed by atoms with Crippen molar-refractivity contribution in [3.8, 4) is 5.75 Å². The van der Waals surface area contributed by atoms with Gasteiger partial charge in [0, 0.05) is 39.4 Å². The van der Waals surface area contributed by atoms with Crippen molar-refractivity contribution >= 4 is 29.9 Å². The monoisotopic (exact) mass is 491 g/mol. The van der Waals surface area contributed by atoms with Crippen LogP contribution in [0.1, 0.15) is 31.2 Å². The van der Waals surface area contributed by atoms with Crippen LogP contribution >= 0.6 is 24.0 Å². The van der Waals surface area contributed by atoms with E-state index in [9.17, 15) is 0 Å². The van der Waals surface area contributed by atoms with Gasteiger partial charge in [-0.15, -0.1) is 24.0 Å². The number of ether oxygens (including phenoxy) is 3. The van der Waals surface area contributed by atoms with Gasteiger partial charge in [0.25, 0.3) is 0 Å². The van der Waals surface area contributed by atoms with Gasteiger partial charge in [-0.3, -0.25) is 4.99 Å². The summed E-state index contributed by atoms with van der Waals surface area (Å²) in [5.41, 5.74) is 1.43. The van der Waals surface area contributed by atoms with Gasteiger partial charge in [-0.2, -0.15) is 0 Å². The van der Waals surface area contributed by atoms with Crippen LogP contribution in [-0.4, -0.2) is 53.5 Å². The van der Waals surface area contributed by atoms with E-state index in [2.05, 4.69) is 15.6 Å². The third kappa shape index (κ3) is 7.83. The molecule has 0 aromatic heterocycles. The number of benzene rings is 1. The van der Waals surface area contributed by atoms with E-state index in [1.807, 2.05) is 24.3 Å². The van der Waals surface area contributed by atoms with Crippen LogP contribution in [0, 0.1) is 5.41 Å². The minimum absolute atomic E-state index is 0. The minimum atomic E-state index is 0. The van der Waals surface area contributed by atoms with Crippen molar-refractivity contribution in [1.29, 1.82) is 0 Å². The molecule has 1 saturated carbocycles. The van der Waals surface area contributed by atoms with Gasteiger partial charge in [0.1, 0.15) is 5.75 Å². The van der Waals surface area contributed by atoms with E-state index in [4.69, 9.17) is 14.2 Å². The summed E-state index contributed by atoms with van der Waals surface area (Å²) >= 11 is 0. The maximum absolute atomic E-state index is 5.75. The molecule has 0 saturated heterocycles. The molecule has 0 atom stereocenters. The number of para-hydroxylation sites is 1. The van der Waals surface area contributed by atoms with E-state index in [1.54, 1.807) is 21.3 Å². The van der Waals surface area contributed by atoms with E-state index in [0.29, 0.717) is 25.2 Å². The lowest BCUT2D eigenvalue weighted by molar-refractivity contribution is 0.0731. The van der Waals surface area contributed by atoms with Crippen LogP contribution in [0.5, 0.6) is 5.75 Å². The number of rotatable bonds is 11. The second-order valence-corrected chi connectivity index (χ2v) is 6.81. The number of aliphatic imine (C=N–C) groups is 1. The first-order valence-electron chi connectivity index (χ1n) is 9.36. The summed E-state index contributed by atoms with van der Waals surface area (Å²) in [5, 5.41) is 6.77. The third-order valence-electron chi connectivity index (χ3n) is 5.09. The fourth-order valence-corrected chi connectivity index (χ4v) is 3.25. The largest absolute Gasteiger partial charge is 0.496 e. The highest BCUT2D eigenvalue weighted by Crippen LogP contribution is 2.43. The Hall–Kier alpha value is -1.06. The number of hydrogen-bond acceptors (Lipinski definition) is 4. The molecule has 6 nitrogen and oxygen atoms in total. The third-order valence-corrected chi connectivity index (χ3v) is 5.09. The van der Waals surface area contributed by atoms with Crippen LogP contribution in [0.25, 0.3) is 0 Å². The molecule has 2 rings (SSSR count). The summed E-state index contributed by atoms with van der Waals surface area (Å²) in [7, 11) is 5.25. The SMILES string of the molecule is CN=C(NCCOCc1ccccc1OC)NCC1(CCOC)CCC1.I. The summed E-state index contributed by atoms with van der Waals surface area (Å²) in [6.07, 6.45) is 4.95. The molecule has 1 aromatic carbocycles. The molecule has 1 aromatic rings. The molecular weight excluding hydrogens is 457 g/mol. The summed E-state index contributed by atoms with van der Waals surface area (Å²) < 4.78 is 16.3. The van der Waals surface area contributed by atoms with Crippen LogP contribution in [0.3, 0.4) is 0 Å². The molecular formula is C20H34IN3O3. The number of nitrogens with one attached hydrogen (secondary N) is 2. The van der Waals surface area contributed by atoms with Crippen LogP contribution in [0.15, 0.2) is 29.3 Å². The number of methoxy groups -OCH3 is 2. The number of hydrogen-bond donors (Lipinski definition) is 2. The molecule has 2 N–H and O–H groups in total. The Kier molecular flexibility index (Phi) is 11.7. The Labute approximate surface area is 180 Å². The second-order valence-electron chi connectivity index (χ2n) is 6.81. The fraction of sp³-hybridized carbons (Fsp3) is 0.650. The van der Waals surface area contributed by atoms with Gasteiger partial charge in [-0.1, -0.05) is 24.6 Å². The molecule has 0 heterocycles. The molecule has 1 aliphatic rings. The van der Waals surface area contributed by atoms with E-state index < -0.39 is 0 Å². The normalized spacial score (nSPS) is 15.4. The van der Waals surface area contributed by atoms with Gasteiger partial charge < -0.3 is 24.8 Å². The van der Waals surface area contributed by atoms with Gasteiger partial charge in [-0.25, -0.2) is 0 Å². The van der Waals surface area contributed by atoms with Crippen molar-refractivity contribution in [2.45, 2.75) is 32.3 Å². The Morgan fingerprint density at radius 3 is 2.56 bits per heavy atom. The topological polar surface area (TPSA) is 64.1 Å². The Morgan fingerprint density at radius 1 is 1.15 bits per heavy atom. The zero-order valence-electron chi connectivity index (χ0n) is 16.8. The zero-order valence-corrected chi connectivity index (χ0v) is 19.1. The lowest BCUT2D eigenvalue weighted by Crippen LogP contribution is -2.47. The lowest BCUT2D eigenvalue weighted by Gasteiger charge is -2.42. The highest BCUT2D eigenvalue weighted by Gasteiger charge is 2.36. The second kappa shape index (κ2) is 13.2. The van der Waals surface area contributed by atoms with E-state index >= 15 is 0 Å². The van der Waals surface area contributed by atoms with Crippen LogP contribution in [-0.2, 0) is 16.1 Å². The van der Waals surface area contributed by atoms with Crippen molar-refractivity contribution in [1.82, 2.24) is 10.6 Å². The molecule has 7 heteroatoms. The van der Waals surface area contributed by atoms with Crippen molar-refractivity contribution in [2.24, 2.45) is 10.4 Å². The van der Waals surface area contributed by atoms with E-state index in [1.165, 1.54) is 19.3 Å². The first-order valence-corrected chi connectivity index (χ1v) is 9.36. The molecule has 0 unspecified atom stereocenters. The number of halogens is 1. The average Bonchev–Trinajstić information content (AvgIpc) is 2.65.